The maximum absolute atomic E-state index is 9.77. The third kappa shape index (κ3) is 56.6. The van der Waals surface area contributed by atoms with E-state index in [1.807, 2.05) is 0 Å². The van der Waals surface area contributed by atoms with Crippen molar-refractivity contribution in [2.75, 3.05) is 74.0 Å². The van der Waals surface area contributed by atoms with Gasteiger partial charge < -0.3 is 25.3 Å². The van der Waals surface area contributed by atoms with Crippen molar-refractivity contribution < 1.29 is 39.0 Å². The minimum absolute atomic E-state index is 0. The first-order valence-electron chi connectivity index (χ1n) is 7.67. The van der Waals surface area contributed by atoms with Crippen molar-refractivity contribution in [1.29, 1.82) is 0 Å². The largest absolute Gasteiger partial charge is 0.483 e. The van der Waals surface area contributed by atoms with Gasteiger partial charge in [0.15, 0.2) is 0 Å². The number of carbonyl (C=O) groups excluding carboxylic acids is 4. The van der Waals surface area contributed by atoms with E-state index in [9.17, 15) is 4.79 Å². The molecule has 28 heavy (non-hydrogen) atoms. The first-order chi connectivity index (χ1) is 12.7. The lowest BCUT2D eigenvalue weighted by atomic mass is 10.5. The van der Waals surface area contributed by atoms with Crippen molar-refractivity contribution in [1.82, 2.24) is 20.0 Å². The first-order valence-corrected chi connectivity index (χ1v) is 7.67. The Morgan fingerprint density at radius 1 is 1.00 bits per heavy atom. The monoisotopic (exact) mass is 410 g/mol. The van der Waals surface area contributed by atoms with Crippen LogP contribution in [0.4, 0.5) is 0 Å². The lowest BCUT2D eigenvalue weighted by Gasteiger charge is -2.18. The molecule has 0 aromatic heterocycles. The van der Waals surface area contributed by atoms with Crippen molar-refractivity contribution in [3.05, 3.63) is 0 Å². The quantitative estimate of drug-likeness (QED) is 0.441. The molecule has 0 spiro atoms. The van der Waals surface area contributed by atoms with Crippen molar-refractivity contribution >= 4 is 24.7 Å². The summed E-state index contributed by atoms with van der Waals surface area (Å²) in [5.74, 6) is -0.787. The lowest BCUT2D eigenvalue weighted by molar-refractivity contribution is -0.193. The second kappa shape index (κ2) is 32.2. The Balaban J connectivity index is -0.0000000899. The van der Waals surface area contributed by atoms with Crippen LogP contribution in [-0.4, -0.2) is 124 Å². The molecule has 0 unspecified atom stereocenters. The molecule has 0 saturated carbocycles. The standard InChI is InChI=1S/C8H19N3.C4H9NO2.CH2O2.2CO2.CH4/c1-10-5-3-9-4-6-11(2)8-7-10;1-5(2)3-4(6)7;3*2-1-3;/h9H,3-8H2,1-2H3;3H2,1-2H3,(H,6,7);1H,(H,2,3);;;1H4. The van der Waals surface area contributed by atoms with Gasteiger partial charge in [0.25, 0.3) is 6.47 Å². The number of carboxylic acids is 1. The van der Waals surface area contributed by atoms with E-state index in [0.29, 0.717) is 0 Å². The van der Waals surface area contributed by atoms with E-state index in [2.05, 4.69) is 29.2 Å². The van der Waals surface area contributed by atoms with Gasteiger partial charge in [-0.25, -0.2) is 0 Å². The Morgan fingerprint density at radius 2 is 1.29 bits per heavy atom. The Morgan fingerprint density at radius 3 is 1.46 bits per heavy atom. The zero-order valence-corrected chi connectivity index (χ0v) is 16.2. The Kier molecular flexibility index (Phi) is 42.0. The first kappa shape index (κ1) is 36.5. The van der Waals surface area contributed by atoms with Gasteiger partial charge in [0.1, 0.15) is 0 Å². The van der Waals surface area contributed by atoms with Crippen LogP contribution in [0, 0.1) is 0 Å². The Labute approximate surface area is 166 Å². The highest BCUT2D eigenvalue weighted by Crippen LogP contribution is 1.88. The molecule has 12 heteroatoms. The number of nitrogens with zero attached hydrogens (tertiary/aromatic N) is 3. The summed E-state index contributed by atoms with van der Waals surface area (Å²) in [6.45, 7) is 6.85. The summed E-state index contributed by atoms with van der Waals surface area (Å²) in [6, 6.07) is 0. The summed E-state index contributed by atoms with van der Waals surface area (Å²) < 4.78 is 0. The maximum atomic E-state index is 9.77. The highest BCUT2D eigenvalue weighted by Gasteiger charge is 2.04. The molecule has 166 valence electrons. The molecule has 1 saturated heterocycles. The molecule has 0 aromatic carbocycles. The molecule has 0 aromatic rings. The van der Waals surface area contributed by atoms with Crippen molar-refractivity contribution in [2.24, 2.45) is 0 Å². The zero-order valence-electron chi connectivity index (χ0n) is 16.2. The number of rotatable bonds is 2. The predicted octanol–water partition coefficient (Wildman–Crippen LogP) is -1.74. The number of carbonyl (C=O) groups is 2. The molecular formula is C16H34N4O8. The van der Waals surface area contributed by atoms with Gasteiger partial charge in [-0.1, -0.05) is 7.43 Å². The lowest BCUT2D eigenvalue weighted by Crippen LogP contribution is -2.31. The molecule has 12 nitrogen and oxygen atoms in total. The van der Waals surface area contributed by atoms with Gasteiger partial charge in [-0.05, 0) is 28.2 Å². The second-order valence-corrected chi connectivity index (χ2v) is 5.26. The second-order valence-electron chi connectivity index (χ2n) is 5.26. The summed E-state index contributed by atoms with van der Waals surface area (Å²) in [5, 5.41) is 18.3. The summed E-state index contributed by atoms with van der Waals surface area (Å²) in [6.07, 6.45) is 0.500. The fraction of sp³-hybridized carbons (Fsp3) is 0.750. The summed E-state index contributed by atoms with van der Waals surface area (Å²) in [5.41, 5.74) is 0. The number of hydrogen-bond acceptors (Lipinski definition) is 10. The van der Waals surface area contributed by atoms with Gasteiger partial charge in [0, 0.05) is 39.3 Å². The Hall–Kier alpha value is -2.46. The molecule has 0 amide bonds. The van der Waals surface area contributed by atoms with E-state index >= 15 is 0 Å². The molecule has 1 rings (SSSR count). The fourth-order valence-corrected chi connectivity index (χ4v) is 1.50. The van der Waals surface area contributed by atoms with Crippen LogP contribution in [0.25, 0.3) is 0 Å². The van der Waals surface area contributed by atoms with Gasteiger partial charge in [-0.2, -0.15) is 19.2 Å². The van der Waals surface area contributed by atoms with Gasteiger partial charge in [0.2, 0.25) is 0 Å². The third-order valence-electron chi connectivity index (χ3n) is 2.66. The average Bonchev–Trinajstić information content (AvgIpc) is 2.62. The van der Waals surface area contributed by atoms with Crippen LogP contribution < -0.4 is 5.32 Å². The molecule has 1 fully saturated rings. The summed E-state index contributed by atoms with van der Waals surface area (Å²) >= 11 is 0. The van der Waals surface area contributed by atoms with Crippen LogP contribution in [0.2, 0.25) is 0 Å². The molecular weight excluding hydrogens is 376 g/mol. The molecule has 0 bridgehead atoms. The van der Waals surface area contributed by atoms with E-state index in [1.165, 1.54) is 26.2 Å². The van der Waals surface area contributed by atoms with Gasteiger partial charge in [0.05, 0.1) is 6.54 Å². The highest BCUT2D eigenvalue weighted by atomic mass is 16.4. The van der Waals surface area contributed by atoms with Gasteiger partial charge >= 0.3 is 18.3 Å². The van der Waals surface area contributed by atoms with E-state index in [-0.39, 0.29) is 32.7 Å². The molecule has 0 aliphatic carbocycles. The number of likely N-dealkylation sites (N-methyl/N-ethyl adjacent to an activating group) is 3. The Bertz CT molecular complexity index is 385. The van der Waals surface area contributed by atoms with E-state index < -0.39 is 5.97 Å². The highest BCUT2D eigenvalue weighted by molar-refractivity contribution is 5.68. The van der Waals surface area contributed by atoms with Gasteiger partial charge in [-0.15, -0.1) is 0 Å². The van der Waals surface area contributed by atoms with Crippen LogP contribution in [-0.2, 0) is 28.8 Å². The van der Waals surface area contributed by atoms with Crippen molar-refractivity contribution in [3.8, 4) is 0 Å². The number of aliphatic carboxylic acids is 1. The van der Waals surface area contributed by atoms with E-state index in [1.54, 1.807) is 19.0 Å². The van der Waals surface area contributed by atoms with Crippen LogP contribution in [0.1, 0.15) is 7.43 Å². The molecule has 0 radical (unpaired) electrons. The number of hydrogen-bond donors (Lipinski definition) is 3. The topological polar surface area (TPSA) is 165 Å². The summed E-state index contributed by atoms with van der Waals surface area (Å²) in [7, 11) is 7.80. The minimum atomic E-state index is -0.787. The van der Waals surface area contributed by atoms with Crippen LogP contribution in [0.3, 0.4) is 0 Å². The smallest absolute Gasteiger partial charge is 0.373 e. The zero-order chi connectivity index (χ0) is 22.1. The van der Waals surface area contributed by atoms with Crippen LogP contribution in [0.15, 0.2) is 0 Å². The maximum Gasteiger partial charge on any atom is 0.373 e. The summed E-state index contributed by atoms with van der Waals surface area (Å²) in [4.78, 5) is 57.0. The van der Waals surface area contributed by atoms with Crippen LogP contribution >= 0.6 is 0 Å². The van der Waals surface area contributed by atoms with Crippen molar-refractivity contribution in [3.63, 3.8) is 0 Å². The fourth-order valence-electron chi connectivity index (χ4n) is 1.50. The SMILES string of the molecule is C.CN(C)CC(=O)O.CN1CCNCCN(C)CC1.O=C=O.O=C=O.O=CO. The molecule has 1 aliphatic rings. The predicted molar refractivity (Wildman–Crippen MR) is 99.5 cm³/mol. The molecule has 0 atom stereocenters. The number of carboxylic acid groups (broad SMARTS) is 2. The van der Waals surface area contributed by atoms with Gasteiger partial charge in [-0.3, -0.25) is 14.5 Å². The van der Waals surface area contributed by atoms with E-state index in [4.69, 9.17) is 34.2 Å². The molecule has 3 N–H and O–H groups in total. The van der Waals surface area contributed by atoms with Crippen molar-refractivity contribution in [2.45, 2.75) is 7.43 Å². The molecule has 1 aliphatic heterocycles. The average molecular weight is 410 g/mol. The third-order valence-corrected chi connectivity index (χ3v) is 2.66. The van der Waals surface area contributed by atoms with E-state index in [0.717, 1.165) is 13.1 Å². The van der Waals surface area contributed by atoms with Crippen LogP contribution in [0.5, 0.6) is 0 Å². The molecule has 1 heterocycles. The minimum Gasteiger partial charge on any atom is -0.483 e. The normalized spacial score (nSPS) is 13.5. The number of nitrogens with one attached hydrogen (secondary N) is 1.